The summed E-state index contributed by atoms with van der Waals surface area (Å²) in [7, 11) is -3.75. The number of hydrogen-bond acceptors (Lipinski definition) is 7. The first-order chi connectivity index (χ1) is 16.5. The van der Waals surface area contributed by atoms with E-state index in [4.69, 9.17) is 14.9 Å². The van der Waals surface area contributed by atoms with Gasteiger partial charge in [-0.15, -0.1) is 0 Å². The van der Waals surface area contributed by atoms with E-state index in [1.165, 1.54) is 12.1 Å². The van der Waals surface area contributed by atoms with Crippen LogP contribution in [-0.2, 0) is 10.0 Å². The molecule has 0 aliphatic carbocycles. The average molecular weight is 476 g/mol. The van der Waals surface area contributed by atoms with Crippen LogP contribution < -0.4 is 20.5 Å². The summed E-state index contributed by atoms with van der Waals surface area (Å²) in [6, 6.07) is 20.3. The zero-order valence-electron chi connectivity index (χ0n) is 18.4. The molecule has 0 spiro atoms. The standard InChI is InChI=1S/C25H25N5O3S/c26-34(31,32)21-9-7-19(8-10-21)29-25-28-16-18-6-11-22(17-4-2-1-3-5-17)24(23(18)30-25)33-20-12-14-27-15-13-20/h1-11,16,20,27H,12-15H2,(H2,26,31,32)(H,28,29,30). The summed E-state index contributed by atoms with van der Waals surface area (Å²) < 4.78 is 29.6. The summed E-state index contributed by atoms with van der Waals surface area (Å²) in [5.74, 6) is 1.13. The quantitative estimate of drug-likeness (QED) is 0.388. The summed E-state index contributed by atoms with van der Waals surface area (Å²) in [5.41, 5.74) is 3.40. The lowest BCUT2D eigenvalue weighted by atomic mass is 10.0. The maximum absolute atomic E-state index is 11.5. The van der Waals surface area contributed by atoms with Crippen molar-refractivity contribution in [2.45, 2.75) is 23.8 Å². The monoisotopic (exact) mass is 475 g/mol. The van der Waals surface area contributed by atoms with E-state index < -0.39 is 10.0 Å². The van der Waals surface area contributed by atoms with E-state index in [0.717, 1.165) is 53.7 Å². The highest BCUT2D eigenvalue weighted by Gasteiger charge is 2.20. The number of nitrogens with one attached hydrogen (secondary N) is 2. The molecule has 5 rings (SSSR count). The zero-order chi connectivity index (χ0) is 23.5. The number of aromatic nitrogens is 2. The Morgan fingerprint density at radius 1 is 0.971 bits per heavy atom. The number of hydrogen-bond donors (Lipinski definition) is 3. The number of benzene rings is 3. The molecule has 0 radical (unpaired) electrons. The topological polar surface area (TPSA) is 119 Å². The highest BCUT2D eigenvalue weighted by molar-refractivity contribution is 7.89. The van der Waals surface area contributed by atoms with Crippen molar-refractivity contribution < 1.29 is 13.2 Å². The average Bonchev–Trinajstić information content (AvgIpc) is 2.85. The highest BCUT2D eigenvalue weighted by atomic mass is 32.2. The number of piperidine rings is 1. The Bertz CT molecular complexity index is 1400. The van der Waals surface area contributed by atoms with E-state index in [-0.39, 0.29) is 11.0 Å². The summed E-state index contributed by atoms with van der Waals surface area (Å²) in [6.45, 7) is 1.85. The number of anilines is 2. The van der Waals surface area contributed by atoms with Crippen LogP contribution in [0.2, 0.25) is 0 Å². The molecule has 174 valence electrons. The predicted octanol–water partition coefficient (Wildman–Crippen LogP) is 3.82. The first kappa shape index (κ1) is 22.3. The molecule has 0 atom stereocenters. The van der Waals surface area contributed by atoms with Crippen molar-refractivity contribution in [3.63, 3.8) is 0 Å². The number of nitrogens with two attached hydrogens (primary N) is 1. The normalized spacial score (nSPS) is 14.7. The predicted molar refractivity (Wildman–Crippen MR) is 133 cm³/mol. The molecule has 0 amide bonds. The van der Waals surface area contributed by atoms with E-state index in [2.05, 4.69) is 33.8 Å². The molecule has 9 heteroatoms. The van der Waals surface area contributed by atoms with E-state index in [9.17, 15) is 8.42 Å². The van der Waals surface area contributed by atoms with Gasteiger partial charge in [0, 0.05) is 22.8 Å². The first-order valence-electron chi connectivity index (χ1n) is 11.1. The molecule has 1 aliphatic rings. The second-order valence-corrected chi connectivity index (χ2v) is 9.76. The Morgan fingerprint density at radius 2 is 1.71 bits per heavy atom. The Labute approximate surface area is 198 Å². The largest absolute Gasteiger partial charge is 0.487 e. The van der Waals surface area contributed by atoms with Gasteiger partial charge in [-0.25, -0.2) is 23.5 Å². The first-order valence-corrected chi connectivity index (χ1v) is 12.6. The van der Waals surface area contributed by atoms with Crippen molar-refractivity contribution in [3.05, 3.63) is 72.9 Å². The van der Waals surface area contributed by atoms with Gasteiger partial charge >= 0.3 is 0 Å². The number of primary sulfonamides is 1. The second kappa shape index (κ2) is 9.38. The summed E-state index contributed by atoms with van der Waals surface area (Å²) >= 11 is 0. The summed E-state index contributed by atoms with van der Waals surface area (Å²) in [6.07, 6.45) is 3.72. The maximum atomic E-state index is 11.5. The summed E-state index contributed by atoms with van der Waals surface area (Å²) in [5, 5.41) is 12.6. The van der Waals surface area contributed by atoms with Gasteiger partial charge in [0.15, 0.2) is 5.75 Å². The smallest absolute Gasteiger partial charge is 0.238 e. The Morgan fingerprint density at radius 3 is 2.41 bits per heavy atom. The third-order valence-corrected chi connectivity index (χ3v) is 6.73. The fourth-order valence-electron chi connectivity index (χ4n) is 4.03. The van der Waals surface area contributed by atoms with Crippen LogP contribution in [0.3, 0.4) is 0 Å². The van der Waals surface area contributed by atoms with E-state index in [1.807, 2.05) is 24.3 Å². The molecule has 4 aromatic rings. The minimum Gasteiger partial charge on any atom is -0.487 e. The molecule has 8 nitrogen and oxygen atoms in total. The zero-order valence-corrected chi connectivity index (χ0v) is 19.3. The number of sulfonamides is 1. The van der Waals surface area contributed by atoms with E-state index >= 15 is 0 Å². The van der Waals surface area contributed by atoms with Gasteiger partial charge in [0.05, 0.1) is 4.90 Å². The molecule has 0 bridgehead atoms. The van der Waals surface area contributed by atoms with Gasteiger partial charge < -0.3 is 15.4 Å². The van der Waals surface area contributed by atoms with Crippen molar-refractivity contribution in [2.24, 2.45) is 5.14 Å². The Hall–Kier alpha value is -3.53. The van der Waals surface area contributed by atoms with E-state index in [0.29, 0.717) is 11.6 Å². The van der Waals surface area contributed by atoms with Crippen LogP contribution in [0.1, 0.15) is 12.8 Å². The Balaban J connectivity index is 1.54. The fraction of sp³-hybridized carbons (Fsp3) is 0.200. The number of ether oxygens (including phenoxy) is 1. The van der Waals surface area contributed by atoms with E-state index in [1.54, 1.807) is 18.3 Å². The molecule has 34 heavy (non-hydrogen) atoms. The maximum Gasteiger partial charge on any atom is 0.238 e. The molecular weight excluding hydrogens is 450 g/mol. The molecule has 4 N–H and O–H groups in total. The van der Waals surface area contributed by atoms with Gasteiger partial charge in [-0.3, -0.25) is 0 Å². The lowest BCUT2D eigenvalue weighted by Gasteiger charge is -2.25. The number of nitrogens with zero attached hydrogens (tertiary/aromatic N) is 2. The van der Waals surface area contributed by atoms with Gasteiger partial charge in [-0.2, -0.15) is 0 Å². The van der Waals surface area contributed by atoms with Crippen LogP contribution in [0, 0.1) is 0 Å². The van der Waals surface area contributed by atoms with Crippen LogP contribution in [-0.4, -0.2) is 37.6 Å². The van der Waals surface area contributed by atoms with Crippen LogP contribution in [0.5, 0.6) is 5.75 Å². The number of rotatable bonds is 6. The molecular formula is C25H25N5O3S. The van der Waals surface area contributed by atoms with Gasteiger partial charge in [-0.05, 0) is 61.8 Å². The number of fused-ring (bicyclic) bond motifs is 1. The van der Waals surface area contributed by atoms with Gasteiger partial charge in [-0.1, -0.05) is 36.4 Å². The van der Waals surface area contributed by atoms with Gasteiger partial charge in [0.25, 0.3) is 0 Å². The molecule has 1 aromatic heterocycles. The third kappa shape index (κ3) is 4.86. The summed E-state index contributed by atoms with van der Waals surface area (Å²) in [4.78, 5) is 9.26. The lowest BCUT2D eigenvalue weighted by molar-refractivity contribution is 0.165. The molecule has 0 saturated carbocycles. The Kier molecular flexibility index (Phi) is 6.14. The van der Waals surface area contributed by atoms with Crippen molar-refractivity contribution in [1.29, 1.82) is 0 Å². The molecule has 2 heterocycles. The van der Waals surface area contributed by atoms with Crippen molar-refractivity contribution in [3.8, 4) is 16.9 Å². The van der Waals surface area contributed by atoms with Gasteiger partial charge in [0.2, 0.25) is 16.0 Å². The SMILES string of the molecule is NS(=O)(=O)c1ccc(Nc2ncc3ccc(-c4ccccc4)c(OC4CCNCC4)c3n2)cc1. The molecule has 1 aliphatic heterocycles. The molecule has 0 unspecified atom stereocenters. The lowest BCUT2D eigenvalue weighted by Crippen LogP contribution is -2.34. The van der Waals surface area contributed by atoms with Crippen LogP contribution >= 0.6 is 0 Å². The minimum atomic E-state index is -3.75. The highest BCUT2D eigenvalue weighted by Crippen LogP contribution is 2.37. The minimum absolute atomic E-state index is 0.0441. The molecule has 1 fully saturated rings. The third-order valence-electron chi connectivity index (χ3n) is 5.80. The van der Waals surface area contributed by atoms with Crippen LogP contribution in [0.4, 0.5) is 11.6 Å². The van der Waals surface area contributed by atoms with Crippen LogP contribution in [0.25, 0.3) is 22.0 Å². The molecule has 1 saturated heterocycles. The second-order valence-electron chi connectivity index (χ2n) is 8.20. The van der Waals surface area contributed by atoms with Crippen molar-refractivity contribution >= 4 is 32.6 Å². The van der Waals surface area contributed by atoms with Gasteiger partial charge in [0.1, 0.15) is 11.6 Å². The van der Waals surface area contributed by atoms with Crippen molar-refractivity contribution in [2.75, 3.05) is 18.4 Å². The fourth-order valence-corrected chi connectivity index (χ4v) is 4.55. The molecule has 3 aromatic carbocycles. The van der Waals surface area contributed by atoms with Crippen LogP contribution in [0.15, 0.2) is 77.8 Å². The van der Waals surface area contributed by atoms with Crippen molar-refractivity contribution in [1.82, 2.24) is 15.3 Å².